The molecule has 0 saturated carbocycles. The highest BCUT2D eigenvalue weighted by molar-refractivity contribution is 14.1. The van der Waals surface area contributed by atoms with Gasteiger partial charge in [0, 0.05) is 18.0 Å². The fraction of sp³-hybridized carbons (Fsp3) is 0.250. The van der Waals surface area contributed by atoms with Crippen molar-refractivity contribution < 1.29 is 0 Å². The van der Waals surface area contributed by atoms with Crippen molar-refractivity contribution in [3.05, 3.63) is 38.9 Å². The van der Waals surface area contributed by atoms with Crippen molar-refractivity contribution in [3.8, 4) is 11.4 Å². The molecule has 2 aromatic rings. The Labute approximate surface area is 119 Å². The van der Waals surface area contributed by atoms with Gasteiger partial charge < -0.3 is 0 Å². The number of hydrogen-bond donors (Lipinski definition) is 0. The van der Waals surface area contributed by atoms with Gasteiger partial charge in [0.1, 0.15) is 5.15 Å². The average Bonchev–Trinajstić information content (AvgIpc) is 2.36. The summed E-state index contributed by atoms with van der Waals surface area (Å²) in [5.74, 6) is 0.645. The molecule has 3 nitrogen and oxygen atoms in total. The lowest BCUT2D eigenvalue weighted by Crippen LogP contribution is -2.00. The summed E-state index contributed by atoms with van der Waals surface area (Å²) in [6.45, 7) is 2.12. The van der Waals surface area contributed by atoms with Gasteiger partial charge in [-0.15, -0.1) is 0 Å². The van der Waals surface area contributed by atoms with E-state index in [1.807, 2.05) is 12.1 Å². The molecule has 0 unspecified atom stereocenters. The topological polar surface area (TPSA) is 38.7 Å². The van der Waals surface area contributed by atoms with Crippen molar-refractivity contribution in [2.75, 3.05) is 0 Å². The van der Waals surface area contributed by atoms with Crippen molar-refractivity contribution in [1.29, 1.82) is 0 Å². The van der Waals surface area contributed by atoms with Crippen LogP contribution < -0.4 is 0 Å². The number of hydrogen-bond acceptors (Lipinski definition) is 3. The summed E-state index contributed by atoms with van der Waals surface area (Å²) in [7, 11) is 0. The first-order chi connectivity index (χ1) is 8.22. The molecule has 0 fully saturated rings. The van der Waals surface area contributed by atoms with Gasteiger partial charge in [0.25, 0.3) is 0 Å². The summed E-state index contributed by atoms with van der Waals surface area (Å²) in [6.07, 6.45) is 5.42. The van der Waals surface area contributed by atoms with E-state index in [4.69, 9.17) is 11.6 Å². The van der Waals surface area contributed by atoms with Gasteiger partial charge in [0.2, 0.25) is 0 Å². The van der Waals surface area contributed by atoms with Crippen LogP contribution in [0.15, 0.2) is 24.5 Å². The smallest absolute Gasteiger partial charge is 0.162 e. The van der Waals surface area contributed by atoms with Crippen molar-refractivity contribution in [2.45, 2.75) is 19.8 Å². The minimum absolute atomic E-state index is 0.517. The van der Waals surface area contributed by atoms with E-state index in [9.17, 15) is 0 Å². The molecule has 0 N–H and O–H groups in total. The molecule has 2 heterocycles. The minimum Gasteiger partial charge on any atom is -0.264 e. The molecule has 0 aliphatic carbocycles. The molecule has 0 amide bonds. The van der Waals surface area contributed by atoms with Crippen molar-refractivity contribution in [3.63, 3.8) is 0 Å². The van der Waals surface area contributed by atoms with Crippen LogP contribution in [-0.2, 0) is 6.42 Å². The molecule has 2 aromatic heterocycles. The van der Waals surface area contributed by atoms with Crippen LogP contribution >= 0.6 is 34.2 Å². The Bertz CT molecular complexity index is 517. The molecule has 0 saturated heterocycles. The number of nitrogens with zero attached hydrogens (tertiary/aromatic N) is 3. The third kappa shape index (κ3) is 2.93. The molecule has 88 valence electrons. The molecule has 0 aromatic carbocycles. The van der Waals surface area contributed by atoms with Crippen LogP contribution in [0.1, 0.15) is 19.0 Å². The zero-order chi connectivity index (χ0) is 12.3. The number of aromatic nitrogens is 3. The summed E-state index contributed by atoms with van der Waals surface area (Å²) >= 11 is 8.32. The highest BCUT2D eigenvalue weighted by Gasteiger charge is 2.11. The van der Waals surface area contributed by atoms with E-state index in [0.29, 0.717) is 11.0 Å². The molecule has 0 spiro atoms. The van der Waals surface area contributed by atoms with E-state index in [1.165, 1.54) is 0 Å². The summed E-state index contributed by atoms with van der Waals surface area (Å²) < 4.78 is 0.943. The van der Waals surface area contributed by atoms with Gasteiger partial charge in [-0.2, -0.15) is 0 Å². The quantitative estimate of drug-likeness (QED) is 0.619. The molecule has 0 atom stereocenters. The minimum atomic E-state index is 0.517. The number of pyridine rings is 1. The van der Waals surface area contributed by atoms with Gasteiger partial charge in [0.05, 0.1) is 9.26 Å². The van der Waals surface area contributed by atoms with Gasteiger partial charge in [0.15, 0.2) is 5.82 Å². The number of aryl methyl sites for hydroxylation is 1. The summed E-state index contributed by atoms with van der Waals surface area (Å²) in [5.41, 5.74) is 1.90. The second kappa shape index (κ2) is 5.73. The van der Waals surface area contributed by atoms with Gasteiger partial charge in [-0.1, -0.05) is 24.9 Å². The van der Waals surface area contributed by atoms with Gasteiger partial charge in [-0.25, -0.2) is 9.97 Å². The number of halogens is 2. The molecular formula is C12H11ClIN3. The third-order valence-electron chi connectivity index (χ3n) is 2.29. The summed E-state index contributed by atoms with van der Waals surface area (Å²) in [6, 6.07) is 3.80. The largest absolute Gasteiger partial charge is 0.264 e. The fourth-order valence-electron chi connectivity index (χ4n) is 1.49. The molecule has 0 aliphatic heterocycles. The molecule has 0 bridgehead atoms. The average molecular weight is 360 g/mol. The van der Waals surface area contributed by atoms with E-state index >= 15 is 0 Å². The molecular weight excluding hydrogens is 349 g/mol. The molecule has 17 heavy (non-hydrogen) atoms. The van der Waals surface area contributed by atoms with Crippen molar-refractivity contribution in [2.24, 2.45) is 0 Å². The van der Waals surface area contributed by atoms with E-state index in [2.05, 4.69) is 44.5 Å². The monoisotopic (exact) mass is 359 g/mol. The Morgan fingerprint density at radius 2 is 2.18 bits per heavy atom. The second-order valence-electron chi connectivity index (χ2n) is 3.59. The first-order valence-electron chi connectivity index (χ1n) is 5.34. The maximum atomic E-state index is 6.13. The Hall–Kier alpha value is -0.750. The molecule has 2 rings (SSSR count). The van der Waals surface area contributed by atoms with Crippen LogP contribution in [0.25, 0.3) is 11.4 Å². The molecule has 0 aliphatic rings. The summed E-state index contributed by atoms with van der Waals surface area (Å²) in [5, 5.41) is 0.517. The lowest BCUT2D eigenvalue weighted by Gasteiger charge is -2.07. The zero-order valence-corrected chi connectivity index (χ0v) is 12.2. The number of rotatable bonds is 3. The third-order valence-corrected chi connectivity index (χ3v) is 4.01. The Balaban J connectivity index is 2.49. The Morgan fingerprint density at radius 1 is 1.35 bits per heavy atom. The maximum Gasteiger partial charge on any atom is 0.162 e. The fourth-order valence-corrected chi connectivity index (χ4v) is 2.19. The highest BCUT2D eigenvalue weighted by atomic mass is 127. The predicted octanol–water partition coefficient (Wildman–Crippen LogP) is 3.75. The maximum absolute atomic E-state index is 6.13. The van der Waals surface area contributed by atoms with Gasteiger partial charge in [-0.05, 0) is 41.1 Å². The van der Waals surface area contributed by atoms with Crippen LogP contribution in [0.5, 0.6) is 0 Å². The Kier molecular flexibility index (Phi) is 4.28. The highest BCUT2D eigenvalue weighted by Crippen LogP contribution is 2.24. The first-order valence-corrected chi connectivity index (χ1v) is 6.80. The SMILES string of the molecule is CCCc1nc(-c2cccnc2)nc(Cl)c1I. The second-order valence-corrected chi connectivity index (χ2v) is 5.03. The molecule has 5 heteroatoms. The van der Waals surface area contributed by atoms with Crippen LogP contribution in [0.4, 0.5) is 0 Å². The van der Waals surface area contributed by atoms with Crippen LogP contribution in [0, 0.1) is 3.57 Å². The van der Waals surface area contributed by atoms with E-state index in [-0.39, 0.29) is 0 Å². The summed E-state index contributed by atoms with van der Waals surface area (Å²) in [4.78, 5) is 12.9. The molecule has 0 radical (unpaired) electrons. The standard InChI is InChI=1S/C12H11ClIN3/c1-2-4-9-10(14)11(13)17-12(16-9)8-5-3-6-15-7-8/h3,5-7H,2,4H2,1H3. The van der Waals surface area contributed by atoms with Crippen LogP contribution in [0.2, 0.25) is 5.15 Å². The zero-order valence-electron chi connectivity index (χ0n) is 9.32. The lowest BCUT2D eigenvalue weighted by atomic mass is 10.2. The van der Waals surface area contributed by atoms with E-state index < -0.39 is 0 Å². The van der Waals surface area contributed by atoms with Crippen molar-refractivity contribution >= 4 is 34.2 Å². The van der Waals surface area contributed by atoms with Crippen LogP contribution in [-0.4, -0.2) is 15.0 Å². The normalized spacial score (nSPS) is 10.5. The lowest BCUT2D eigenvalue weighted by molar-refractivity contribution is 0.867. The van der Waals surface area contributed by atoms with Gasteiger partial charge >= 0.3 is 0 Å². The van der Waals surface area contributed by atoms with Crippen LogP contribution in [0.3, 0.4) is 0 Å². The van der Waals surface area contributed by atoms with E-state index in [0.717, 1.165) is 27.7 Å². The van der Waals surface area contributed by atoms with Gasteiger partial charge in [-0.3, -0.25) is 4.98 Å². The van der Waals surface area contributed by atoms with Crippen molar-refractivity contribution in [1.82, 2.24) is 15.0 Å². The van der Waals surface area contributed by atoms with E-state index in [1.54, 1.807) is 12.4 Å². The predicted molar refractivity (Wildman–Crippen MR) is 77.0 cm³/mol. The first kappa shape index (κ1) is 12.7. The Morgan fingerprint density at radius 3 is 2.82 bits per heavy atom.